The van der Waals surface area contributed by atoms with Gasteiger partial charge in [0.1, 0.15) is 0 Å². The summed E-state index contributed by atoms with van der Waals surface area (Å²) in [5, 5.41) is 1.29. The summed E-state index contributed by atoms with van der Waals surface area (Å²) < 4.78 is 0. The number of amides is 1. The van der Waals surface area contributed by atoms with Gasteiger partial charge >= 0.3 is 0 Å². The lowest BCUT2D eigenvalue weighted by Crippen LogP contribution is -2.45. The van der Waals surface area contributed by atoms with Crippen molar-refractivity contribution in [1.29, 1.82) is 0 Å². The van der Waals surface area contributed by atoms with Crippen molar-refractivity contribution in [2.24, 2.45) is 0 Å². The van der Waals surface area contributed by atoms with E-state index in [-0.39, 0.29) is 11.4 Å². The van der Waals surface area contributed by atoms with Gasteiger partial charge in [-0.2, -0.15) is 0 Å². The number of aryl methyl sites for hydroxylation is 1. The minimum Gasteiger partial charge on any atom is -0.329 e. The van der Waals surface area contributed by atoms with Gasteiger partial charge in [-0.15, -0.1) is 0 Å². The molecular formula is C22H29NOSi. The third-order valence-corrected chi connectivity index (χ3v) is 7.09. The predicted octanol–water partition coefficient (Wildman–Crippen LogP) is 4.96. The highest BCUT2D eigenvalue weighted by atomic mass is 28.3. The summed E-state index contributed by atoms with van der Waals surface area (Å²) in [5.41, 5.74) is 5.81. The van der Waals surface area contributed by atoms with Crippen LogP contribution in [0, 0.1) is 6.92 Å². The molecule has 0 atom stereocenters. The number of benzene rings is 2. The number of hydrogen-bond donors (Lipinski definition) is 0. The zero-order valence-corrected chi connectivity index (χ0v) is 17.5. The van der Waals surface area contributed by atoms with Gasteiger partial charge in [0, 0.05) is 17.6 Å². The van der Waals surface area contributed by atoms with E-state index in [1.165, 1.54) is 27.4 Å². The molecule has 2 aromatic rings. The lowest BCUT2D eigenvalue weighted by Gasteiger charge is -2.31. The van der Waals surface area contributed by atoms with E-state index in [1.807, 2.05) is 4.90 Å². The maximum Gasteiger partial charge on any atom is 0.254 e. The fourth-order valence-electron chi connectivity index (χ4n) is 3.64. The molecule has 0 unspecified atom stereocenters. The van der Waals surface area contributed by atoms with Gasteiger partial charge in [-0.3, -0.25) is 4.79 Å². The molecule has 0 fully saturated rings. The second kappa shape index (κ2) is 5.84. The van der Waals surface area contributed by atoms with E-state index < -0.39 is 8.07 Å². The van der Waals surface area contributed by atoms with Crippen LogP contribution in [0.2, 0.25) is 19.6 Å². The van der Waals surface area contributed by atoms with Crippen molar-refractivity contribution in [3.63, 3.8) is 0 Å². The van der Waals surface area contributed by atoms with E-state index in [0.29, 0.717) is 0 Å². The van der Waals surface area contributed by atoms with E-state index >= 15 is 0 Å². The predicted molar refractivity (Wildman–Crippen MR) is 109 cm³/mol. The molecule has 1 amide bonds. The molecule has 0 aromatic heterocycles. The van der Waals surface area contributed by atoms with Crippen LogP contribution in [-0.2, 0) is 6.54 Å². The monoisotopic (exact) mass is 351 g/mol. The first-order chi connectivity index (χ1) is 11.5. The first-order valence-corrected chi connectivity index (χ1v) is 12.6. The van der Waals surface area contributed by atoms with Gasteiger partial charge in [0.05, 0.1) is 8.07 Å². The Morgan fingerprint density at radius 2 is 1.68 bits per heavy atom. The fraction of sp³-hybridized carbons (Fsp3) is 0.409. The van der Waals surface area contributed by atoms with Crippen LogP contribution < -0.4 is 5.19 Å². The van der Waals surface area contributed by atoms with Crippen molar-refractivity contribution >= 4 is 19.2 Å². The van der Waals surface area contributed by atoms with Gasteiger partial charge < -0.3 is 4.90 Å². The first-order valence-electron chi connectivity index (χ1n) is 9.05. The van der Waals surface area contributed by atoms with Crippen LogP contribution in [0.1, 0.15) is 42.3 Å². The molecule has 2 nitrogen and oxygen atoms in total. The molecule has 0 saturated carbocycles. The van der Waals surface area contributed by atoms with E-state index in [4.69, 9.17) is 0 Å². The van der Waals surface area contributed by atoms with Crippen LogP contribution in [0.5, 0.6) is 0 Å². The summed E-state index contributed by atoms with van der Waals surface area (Å²) in [4.78, 5) is 15.2. The Bertz CT molecular complexity index is 840. The second-order valence-corrected chi connectivity index (χ2v) is 14.2. The van der Waals surface area contributed by atoms with Crippen LogP contribution >= 0.6 is 0 Å². The summed E-state index contributed by atoms with van der Waals surface area (Å²) >= 11 is 0. The molecule has 1 heterocycles. The van der Waals surface area contributed by atoms with Crippen molar-refractivity contribution < 1.29 is 4.79 Å². The largest absolute Gasteiger partial charge is 0.329 e. The summed E-state index contributed by atoms with van der Waals surface area (Å²) in [6.07, 6.45) is 0. The van der Waals surface area contributed by atoms with Gasteiger partial charge in [0.25, 0.3) is 5.91 Å². The number of fused-ring (bicyclic) bond motifs is 1. The fourth-order valence-corrected chi connectivity index (χ4v) is 5.25. The molecule has 1 aliphatic heterocycles. The molecule has 25 heavy (non-hydrogen) atoms. The van der Waals surface area contributed by atoms with Gasteiger partial charge in [0.15, 0.2) is 0 Å². The van der Waals surface area contributed by atoms with Crippen LogP contribution in [0.15, 0.2) is 36.4 Å². The summed E-state index contributed by atoms with van der Waals surface area (Å²) in [7, 11) is -1.65. The van der Waals surface area contributed by atoms with Crippen molar-refractivity contribution in [3.05, 3.63) is 53.1 Å². The maximum atomic E-state index is 13.2. The molecular weight excluding hydrogens is 322 g/mol. The number of hydrogen-bond acceptors (Lipinski definition) is 1. The van der Waals surface area contributed by atoms with Crippen LogP contribution in [0.25, 0.3) is 11.1 Å². The first kappa shape index (κ1) is 17.9. The molecule has 0 saturated heterocycles. The minimum absolute atomic E-state index is 0.157. The number of carbonyl (C=O) groups excluding carboxylic acids is 1. The summed E-state index contributed by atoms with van der Waals surface area (Å²) in [5.74, 6) is 0.205. The third-order valence-electron chi connectivity index (χ3n) is 5.08. The SMILES string of the molecule is Cc1ccccc1-c1cc2c(c([Si](C)(C)C)c1)C(=O)N(C(C)(C)C)C2. The van der Waals surface area contributed by atoms with Gasteiger partial charge in [0.2, 0.25) is 0 Å². The quantitative estimate of drug-likeness (QED) is 0.700. The normalized spacial score (nSPS) is 14.8. The van der Waals surface area contributed by atoms with E-state index in [9.17, 15) is 4.79 Å². The molecule has 2 aromatic carbocycles. The molecule has 3 rings (SSSR count). The van der Waals surface area contributed by atoms with Gasteiger partial charge in [-0.05, 0) is 61.2 Å². The Labute approximate surface area is 152 Å². The van der Waals surface area contributed by atoms with Gasteiger partial charge in [-0.25, -0.2) is 0 Å². The molecule has 0 N–H and O–H groups in total. The van der Waals surface area contributed by atoms with Crippen molar-refractivity contribution in [3.8, 4) is 11.1 Å². The molecule has 0 aliphatic carbocycles. The number of carbonyl (C=O) groups is 1. The number of rotatable bonds is 2. The molecule has 0 spiro atoms. The van der Waals surface area contributed by atoms with Crippen LogP contribution in [-0.4, -0.2) is 24.4 Å². The Kier molecular flexibility index (Phi) is 4.19. The molecule has 132 valence electrons. The Morgan fingerprint density at radius 3 is 2.24 bits per heavy atom. The highest BCUT2D eigenvalue weighted by molar-refractivity contribution is 6.89. The maximum absolute atomic E-state index is 13.2. The lowest BCUT2D eigenvalue weighted by atomic mass is 9.97. The average molecular weight is 352 g/mol. The molecule has 3 heteroatoms. The Hall–Kier alpha value is -1.87. The highest BCUT2D eigenvalue weighted by Gasteiger charge is 2.39. The highest BCUT2D eigenvalue weighted by Crippen LogP contribution is 2.33. The zero-order chi connectivity index (χ0) is 18.6. The Balaban J connectivity index is 2.24. The van der Waals surface area contributed by atoms with Crippen molar-refractivity contribution in [2.75, 3.05) is 0 Å². The van der Waals surface area contributed by atoms with E-state index in [1.54, 1.807) is 0 Å². The average Bonchev–Trinajstić information content (AvgIpc) is 2.83. The topological polar surface area (TPSA) is 20.3 Å². The molecule has 0 bridgehead atoms. The van der Waals surface area contributed by atoms with Crippen LogP contribution in [0.4, 0.5) is 0 Å². The third kappa shape index (κ3) is 3.18. The molecule has 0 radical (unpaired) electrons. The van der Waals surface area contributed by atoms with Crippen molar-refractivity contribution in [2.45, 2.75) is 59.4 Å². The smallest absolute Gasteiger partial charge is 0.254 e. The standard InChI is InChI=1S/C22H29NOSi/c1-15-10-8-9-11-18(15)16-12-17-14-23(22(2,3)4)21(24)20(17)19(13-16)25(5,6)7/h8-13H,14H2,1-7H3. The van der Waals surface area contributed by atoms with E-state index in [2.05, 4.69) is 83.7 Å². The van der Waals surface area contributed by atoms with Crippen LogP contribution in [0.3, 0.4) is 0 Å². The lowest BCUT2D eigenvalue weighted by molar-refractivity contribution is 0.0610. The minimum atomic E-state index is -1.65. The number of nitrogens with zero attached hydrogens (tertiary/aromatic N) is 1. The second-order valence-electron chi connectivity index (χ2n) is 9.18. The van der Waals surface area contributed by atoms with Gasteiger partial charge in [-0.1, -0.05) is 50.0 Å². The van der Waals surface area contributed by atoms with E-state index in [0.717, 1.165) is 12.1 Å². The van der Waals surface area contributed by atoms with Crippen molar-refractivity contribution in [1.82, 2.24) is 4.90 Å². The zero-order valence-electron chi connectivity index (χ0n) is 16.5. The summed E-state index contributed by atoms with van der Waals surface area (Å²) in [6, 6.07) is 13.0. The molecule has 1 aliphatic rings. The Morgan fingerprint density at radius 1 is 1.04 bits per heavy atom. The summed E-state index contributed by atoms with van der Waals surface area (Å²) in [6.45, 7) is 16.2.